The average Bonchev–Trinajstić information content (AvgIpc) is 2.85. The molecule has 0 spiro atoms. The van der Waals surface area contributed by atoms with Crippen LogP contribution in [0.15, 0.2) is 35.4 Å². The van der Waals surface area contributed by atoms with E-state index in [1.165, 1.54) is 31.9 Å². The third-order valence-corrected chi connectivity index (χ3v) is 8.48. The molecule has 3 rings (SSSR count). The smallest absolute Gasteiger partial charge is 0.198 e. The summed E-state index contributed by atoms with van der Waals surface area (Å²) in [5, 5.41) is 10.4. The molecule has 1 aliphatic heterocycles. The van der Waals surface area contributed by atoms with Gasteiger partial charge in [-0.25, -0.2) is 0 Å². The van der Waals surface area contributed by atoms with Crippen molar-refractivity contribution in [3.05, 3.63) is 46.6 Å². The van der Waals surface area contributed by atoms with Crippen molar-refractivity contribution < 1.29 is 33.6 Å². The molecular formula is C28H36Cl2O7. The molecule has 0 unspecified atom stereocenters. The van der Waals surface area contributed by atoms with Gasteiger partial charge in [0, 0.05) is 25.2 Å². The van der Waals surface area contributed by atoms with Gasteiger partial charge in [0.1, 0.15) is 17.6 Å². The Kier molecular flexibility index (Phi) is 8.87. The van der Waals surface area contributed by atoms with E-state index in [4.69, 9.17) is 42.1 Å². The second-order valence-electron chi connectivity index (χ2n) is 10.4. The van der Waals surface area contributed by atoms with Crippen molar-refractivity contribution in [2.24, 2.45) is 0 Å². The third kappa shape index (κ3) is 5.09. The van der Waals surface area contributed by atoms with Crippen molar-refractivity contribution in [3.63, 3.8) is 0 Å². The number of fused-ring (bicyclic) bond motifs is 2. The van der Waals surface area contributed by atoms with Gasteiger partial charge in [-0.3, -0.25) is 9.59 Å². The van der Waals surface area contributed by atoms with Crippen LogP contribution in [0.3, 0.4) is 0 Å². The molecule has 0 saturated carbocycles. The van der Waals surface area contributed by atoms with Crippen molar-refractivity contribution in [2.45, 2.75) is 81.4 Å². The van der Waals surface area contributed by atoms with E-state index in [0.29, 0.717) is 0 Å². The number of aliphatic hydroxyl groups excluding tert-OH is 1. The second kappa shape index (κ2) is 11.1. The molecule has 0 aromatic heterocycles. The van der Waals surface area contributed by atoms with Crippen molar-refractivity contribution in [2.75, 3.05) is 21.0 Å². The summed E-state index contributed by atoms with van der Waals surface area (Å²) in [6, 6.07) is 2.93. The number of carbonyl (C=O) groups excluding carboxylic acids is 2. The lowest BCUT2D eigenvalue weighted by Gasteiger charge is -2.58. The largest absolute Gasteiger partial charge is 0.496 e. The van der Waals surface area contributed by atoms with Crippen LogP contribution in [0.5, 0.6) is 11.5 Å². The highest BCUT2D eigenvalue weighted by molar-refractivity contribution is 6.46. The molecule has 7 nitrogen and oxygen atoms in total. The summed E-state index contributed by atoms with van der Waals surface area (Å²) in [7, 11) is 2.84. The zero-order chi connectivity index (χ0) is 27.8. The van der Waals surface area contributed by atoms with Gasteiger partial charge < -0.3 is 24.1 Å². The molecule has 1 fully saturated rings. The van der Waals surface area contributed by atoms with Gasteiger partial charge in [-0.05, 0) is 53.5 Å². The number of methoxy groups -OCH3 is 2. The highest BCUT2D eigenvalue weighted by Gasteiger charge is 2.74. The minimum Gasteiger partial charge on any atom is -0.496 e. The van der Waals surface area contributed by atoms with Gasteiger partial charge in [-0.15, -0.1) is 23.2 Å². The minimum atomic E-state index is -2.18. The lowest BCUT2D eigenvalue weighted by atomic mass is 9.62. The molecule has 1 heterocycles. The van der Waals surface area contributed by atoms with Crippen LogP contribution in [-0.2, 0) is 9.47 Å². The fraction of sp³-hybridized carbons (Fsp3) is 0.571. The monoisotopic (exact) mass is 554 g/mol. The molecular weight excluding hydrogens is 519 g/mol. The Hall–Kier alpha value is -1.90. The lowest BCUT2D eigenvalue weighted by molar-refractivity contribution is -0.188. The van der Waals surface area contributed by atoms with Gasteiger partial charge in [-0.2, -0.15) is 0 Å². The molecule has 2 aliphatic rings. The average molecular weight is 555 g/mol. The van der Waals surface area contributed by atoms with Crippen LogP contribution in [-0.4, -0.2) is 65.2 Å². The summed E-state index contributed by atoms with van der Waals surface area (Å²) in [6.45, 7) is 9.28. The highest BCUT2D eigenvalue weighted by atomic mass is 35.5. The van der Waals surface area contributed by atoms with Crippen molar-refractivity contribution in [1.29, 1.82) is 0 Å². The number of aliphatic hydroxyl groups is 1. The highest BCUT2D eigenvalue weighted by Crippen LogP contribution is 2.57. The number of allylic oxidation sites excluding steroid dienone is 3. The van der Waals surface area contributed by atoms with Gasteiger partial charge in [0.05, 0.1) is 23.7 Å². The number of hydrogen-bond donors (Lipinski definition) is 1. The fourth-order valence-corrected chi connectivity index (χ4v) is 5.72. The number of rotatable bonds is 9. The van der Waals surface area contributed by atoms with Gasteiger partial charge in [-0.1, -0.05) is 23.3 Å². The Morgan fingerprint density at radius 3 is 2.41 bits per heavy atom. The molecule has 1 saturated heterocycles. The van der Waals surface area contributed by atoms with E-state index in [2.05, 4.69) is 6.08 Å². The zero-order valence-corrected chi connectivity index (χ0v) is 24.0. The third-order valence-electron chi connectivity index (χ3n) is 7.01. The Morgan fingerprint density at radius 2 is 1.81 bits per heavy atom. The molecule has 0 radical (unpaired) electrons. The Morgan fingerprint density at radius 1 is 1.14 bits per heavy atom. The molecule has 0 bridgehead atoms. The summed E-state index contributed by atoms with van der Waals surface area (Å²) in [4.78, 5) is 26.3. The quantitative estimate of drug-likeness (QED) is 0.240. The summed E-state index contributed by atoms with van der Waals surface area (Å²) in [5.74, 6) is -0.882. The Balaban J connectivity index is 2.22. The summed E-state index contributed by atoms with van der Waals surface area (Å²) in [6.07, 6.45) is 3.95. The van der Waals surface area contributed by atoms with E-state index >= 15 is 0 Å². The molecule has 0 amide bonds. The normalized spacial score (nSPS) is 28.9. The van der Waals surface area contributed by atoms with Gasteiger partial charge in [0.15, 0.2) is 28.8 Å². The zero-order valence-electron chi connectivity index (χ0n) is 22.4. The first kappa shape index (κ1) is 29.7. The van der Waals surface area contributed by atoms with Crippen LogP contribution < -0.4 is 9.47 Å². The number of carbonyl (C=O) groups is 2. The maximum absolute atomic E-state index is 14.4. The van der Waals surface area contributed by atoms with E-state index in [1.807, 2.05) is 26.8 Å². The van der Waals surface area contributed by atoms with Crippen LogP contribution >= 0.6 is 23.2 Å². The first-order valence-corrected chi connectivity index (χ1v) is 13.0. The van der Waals surface area contributed by atoms with Crippen LogP contribution in [0.1, 0.15) is 74.6 Å². The van der Waals surface area contributed by atoms with E-state index in [1.54, 1.807) is 13.8 Å². The Bertz CT molecular complexity index is 1120. The topological polar surface area (TPSA) is 91.3 Å². The van der Waals surface area contributed by atoms with Gasteiger partial charge >= 0.3 is 0 Å². The van der Waals surface area contributed by atoms with Crippen LogP contribution in [0, 0.1) is 0 Å². The number of ether oxygens (including phenoxy) is 4. The molecule has 1 N–H and O–H groups in total. The molecule has 204 valence electrons. The molecule has 1 aromatic carbocycles. The molecule has 1 aromatic rings. The minimum absolute atomic E-state index is 0.0310. The first-order chi connectivity index (χ1) is 17.3. The summed E-state index contributed by atoms with van der Waals surface area (Å²) < 4.78 is 22.4. The molecule has 4 atom stereocenters. The predicted octanol–water partition coefficient (Wildman–Crippen LogP) is 5.63. The number of hydrogen-bond acceptors (Lipinski definition) is 7. The van der Waals surface area contributed by atoms with Gasteiger partial charge in [0.2, 0.25) is 0 Å². The van der Waals surface area contributed by atoms with E-state index in [0.717, 1.165) is 18.4 Å². The first-order valence-electron chi connectivity index (χ1n) is 12.2. The van der Waals surface area contributed by atoms with E-state index in [9.17, 15) is 14.7 Å². The standard InChI is InChI=1S/C28H36Cl2O7/c1-16(2)9-8-10-17(3)11-12-27-23(31)19-13-18(36-15-34-6)14-20(35-7)21(19)24(32)28(27,30)25(33)22(29)26(4,5)37-27/h9,11,13-14,22,25,33H,8,10,12,15H2,1-7H3/b17-11+/t22-,25-,27+,28-/m0/s1. The Labute approximate surface area is 228 Å². The maximum atomic E-state index is 14.4. The summed E-state index contributed by atoms with van der Waals surface area (Å²) >= 11 is 13.7. The van der Waals surface area contributed by atoms with Gasteiger partial charge in [0.25, 0.3) is 0 Å². The summed E-state index contributed by atoms with van der Waals surface area (Å²) in [5.41, 5.74) is -0.891. The number of benzene rings is 1. The van der Waals surface area contributed by atoms with Crippen LogP contribution in [0.2, 0.25) is 0 Å². The molecule has 9 heteroatoms. The van der Waals surface area contributed by atoms with Crippen molar-refractivity contribution in [3.8, 4) is 11.5 Å². The fourth-order valence-electron chi connectivity index (χ4n) is 5.00. The maximum Gasteiger partial charge on any atom is 0.198 e. The lowest BCUT2D eigenvalue weighted by Crippen LogP contribution is -2.78. The second-order valence-corrected chi connectivity index (χ2v) is 11.5. The van der Waals surface area contributed by atoms with Crippen molar-refractivity contribution >= 4 is 34.8 Å². The number of halogens is 2. The number of Topliss-reactive ketones (excluding diaryl/α,β-unsaturated/α-hetero) is 2. The number of alkyl halides is 2. The van der Waals surface area contributed by atoms with E-state index < -0.39 is 39.1 Å². The van der Waals surface area contributed by atoms with Crippen LogP contribution in [0.4, 0.5) is 0 Å². The molecule has 37 heavy (non-hydrogen) atoms. The predicted molar refractivity (Wildman–Crippen MR) is 143 cm³/mol. The number of ketones is 2. The molecule has 1 aliphatic carbocycles. The van der Waals surface area contributed by atoms with Crippen LogP contribution in [0.25, 0.3) is 0 Å². The van der Waals surface area contributed by atoms with Crippen molar-refractivity contribution in [1.82, 2.24) is 0 Å². The SMILES string of the molecule is COCOc1cc(OC)c2c(c1)C(=O)[C@@]1(C/C=C(\C)CCC=C(C)C)OC(C)(C)[C@@H](Cl)[C@H](O)[C@@]1(Cl)C2=O. The van der Waals surface area contributed by atoms with E-state index in [-0.39, 0.29) is 35.8 Å².